The first kappa shape index (κ1) is 12.9. The third-order valence-corrected chi connectivity index (χ3v) is 1.18. The lowest BCUT2D eigenvalue weighted by atomic mass is 10.2. The molecule has 0 fully saturated rings. The molecule has 0 radical (unpaired) electrons. The van der Waals surface area contributed by atoms with Gasteiger partial charge >= 0.3 is 6.09 Å². The summed E-state index contributed by atoms with van der Waals surface area (Å²) in [6.45, 7) is 5.09. The summed E-state index contributed by atoms with van der Waals surface area (Å²) in [6, 6.07) is -0.796. The van der Waals surface area contributed by atoms with Gasteiger partial charge in [0.2, 0.25) is 0 Å². The highest BCUT2D eigenvalue weighted by Gasteiger charge is 2.18. The molecule has 0 aliphatic heterocycles. The smallest absolute Gasteiger partial charge is 0.408 e. The van der Waals surface area contributed by atoms with Gasteiger partial charge in [0.1, 0.15) is 17.9 Å². The van der Waals surface area contributed by atoms with Gasteiger partial charge in [-0.1, -0.05) is 0 Å². The fourth-order valence-electron chi connectivity index (χ4n) is 0.690. The number of carbonyl (C=O) groups excluding carboxylic acids is 2. The van der Waals surface area contributed by atoms with Gasteiger partial charge in [-0.05, 0) is 20.8 Å². The highest BCUT2D eigenvalue weighted by atomic mass is 16.6. The monoisotopic (exact) mass is 204 g/mol. The van der Waals surface area contributed by atoms with E-state index in [2.05, 4.69) is 5.32 Å². The fraction of sp³-hybridized carbons (Fsp3) is 0.750. The van der Waals surface area contributed by atoms with Gasteiger partial charge in [-0.15, -0.1) is 0 Å². The number of hydrogen-bond acceptors (Lipinski definition) is 5. The van der Waals surface area contributed by atoms with Crippen molar-refractivity contribution < 1.29 is 19.5 Å². The summed E-state index contributed by atoms with van der Waals surface area (Å²) in [6.07, 6.45) is -0.183. The number of aldehydes is 1. The standard InChI is InChI=1S/C8H16N2O4/c1-8(2,3)14-7(12)10-6(5-11)4-9-13/h5-6,9,13H,4H2,1-3H3,(H,10,12). The Kier molecular flexibility index (Phi) is 5.11. The van der Waals surface area contributed by atoms with E-state index < -0.39 is 17.7 Å². The quantitative estimate of drug-likeness (QED) is 0.445. The SMILES string of the molecule is CC(C)(C)OC(=O)NC(C=O)CNO. The molecule has 0 rings (SSSR count). The number of rotatable bonds is 4. The number of hydrogen-bond donors (Lipinski definition) is 3. The van der Waals surface area contributed by atoms with E-state index in [4.69, 9.17) is 9.94 Å². The minimum absolute atomic E-state index is 0.0528. The molecule has 1 amide bonds. The molecule has 3 N–H and O–H groups in total. The number of hydroxylamine groups is 1. The Morgan fingerprint density at radius 3 is 2.50 bits per heavy atom. The maximum absolute atomic E-state index is 11.1. The highest BCUT2D eigenvalue weighted by Crippen LogP contribution is 2.06. The van der Waals surface area contributed by atoms with Crippen molar-refractivity contribution in [1.82, 2.24) is 10.8 Å². The molecule has 14 heavy (non-hydrogen) atoms. The van der Waals surface area contributed by atoms with Crippen molar-refractivity contribution in [3.8, 4) is 0 Å². The van der Waals surface area contributed by atoms with Crippen LogP contribution in [0.1, 0.15) is 20.8 Å². The Bertz CT molecular complexity index is 200. The molecule has 0 aromatic heterocycles. The number of amides is 1. The van der Waals surface area contributed by atoms with Crippen LogP contribution in [0, 0.1) is 0 Å². The zero-order chi connectivity index (χ0) is 11.2. The molecule has 0 saturated heterocycles. The first-order valence-corrected chi connectivity index (χ1v) is 4.21. The number of nitrogens with one attached hydrogen (secondary N) is 2. The van der Waals surface area contributed by atoms with Crippen LogP contribution in [0.15, 0.2) is 0 Å². The van der Waals surface area contributed by atoms with Gasteiger partial charge in [-0.2, -0.15) is 0 Å². The van der Waals surface area contributed by atoms with Gasteiger partial charge in [0.05, 0.1) is 0 Å². The summed E-state index contributed by atoms with van der Waals surface area (Å²) < 4.78 is 4.90. The maximum atomic E-state index is 11.1. The molecular weight excluding hydrogens is 188 g/mol. The lowest BCUT2D eigenvalue weighted by Gasteiger charge is -2.21. The van der Waals surface area contributed by atoms with Crippen LogP contribution in [0.4, 0.5) is 4.79 Å². The zero-order valence-electron chi connectivity index (χ0n) is 8.53. The second-order valence-corrected chi connectivity index (χ2v) is 3.75. The summed E-state index contributed by atoms with van der Waals surface area (Å²) in [4.78, 5) is 21.5. The molecule has 1 atom stereocenters. The average Bonchev–Trinajstić information content (AvgIpc) is 2.00. The molecular formula is C8H16N2O4. The second kappa shape index (κ2) is 5.56. The van der Waals surface area contributed by atoms with E-state index in [1.165, 1.54) is 0 Å². The summed E-state index contributed by atoms with van der Waals surface area (Å²) >= 11 is 0. The third kappa shape index (κ3) is 6.38. The fourth-order valence-corrected chi connectivity index (χ4v) is 0.690. The molecule has 6 heteroatoms. The Balaban J connectivity index is 3.97. The maximum Gasteiger partial charge on any atom is 0.408 e. The molecule has 1 unspecified atom stereocenters. The van der Waals surface area contributed by atoms with Gasteiger partial charge in [0.25, 0.3) is 0 Å². The summed E-state index contributed by atoms with van der Waals surface area (Å²) in [5, 5.41) is 10.6. The number of alkyl carbamates (subject to hydrolysis) is 1. The van der Waals surface area contributed by atoms with Gasteiger partial charge in [0, 0.05) is 6.54 Å². The van der Waals surface area contributed by atoms with Crippen molar-refractivity contribution in [2.75, 3.05) is 6.54 Å². The second-order valence-electron chi connectivity index (χ2n) is 3.75. The van der Waals surface area contributed by atoms with Crippen molar-refractivity contribution in [3.63, 3.8) is 0 Å². The first-order valence-electron chi connectivity index (χ1n) is 4.21. The van der Waals surface area contributed by atoms with Crippen molar-refractivity contribution in [3.05, 3.63) is 0 Å². The van der Waals surface area contributed by atoms with E-state index >= 15 is 0 Å². The van der Waals surface area contributed by atoms with Crippen LogP contribution in [0.5, 0.6) is 0 Å². The molecule has 6 nitrogen and oxygen atoms in total. The topological polar surface area (TPSA) is 87.7 Å². The zero-order valence-corrected chi connectivity index (χ0v) is 8.53. The van der Waals surface area contributed by atoms with E-state index in [0.717, 1.165) is 0 Å². The largest absolute Gasteiger partial charge is 0.444 e. The van der Waals surface area contributed by atoms with Crippen LogP contribution in [-0.4, -0.2) is 35.8 Å². The normalized spacial score (nSPS) is 13.1. The van der Waals surface area contributed by atoms with Crippen LogP contribution < -0.4 is 10.8 Å². The molecule has 0 heterocycles. The lowest BCUT2D eigenvalue weighted by molar-refractivity contribution is -0.110. The van der Waals surface area contributed by atoms with Crippen molar-refractivity contribution >= 4 is 12.4 Å². The lowest BCUT2D eigenvalue weighted by Crippen LogP contribution is -2.44. The van der Waals surface area contributed by atoms with Crippen molar-refractivity contribution in [1.29, 1.82) is 0 Å². The van der Waals surface area contributed by atoms with E-state index in [1.807, 2.05) is 0 Å². The molecule has 0 spiro atoms. The average molecular weight is 204 g/mol. The van der Waals surface area contributed by atoms with Crippen LogP contribution in [-0.2, 0) is 9.53 Å². The number of ether oxygens (including phenoxy) is 1. The van der Waals surface area contributed by atoms with Gasteiger partial charge in [0.15, 0.2) is 0 Å². The Labute approximate surface area is 82.6 Å². The van der Waals surface area contributed by atoms with Gasteiger partial charge in [-0.25, -0.2) is 10.3 Å². The molecule has 82 valence electrons. The summed E-state index contributed by atoms with van der Waals surface area (Å²) in [5.74, 6) is 0. The van der Waals surface area contributed by atoms with E-state index in [-0.39, 0.29) is 6.54 Å². The minimum Gasteiger partial charge on any atom is -0.444 e. The Hall–Kier alpha value is -1.14. The predicted octanol–water partition coefficient (Wildman–Crippen LogP) is 0.0574. The summed E-state index contributed by atoms with van der Waals surface area (Å²) in [5.41, 5.74) is 1.18. The minimum atomic E-state index is -0.796. The molecule has 0 bridgehead atoms. The predicted molar refractivity (Wildman–Crippen MR) is 49.0 cm³/mol. The molecule has 0 aromatic carbocycles. The molecule has 0 aliphatic carbocycles. The van der Waals surface area contributed by atoms with Crippen LogP contribution >= 0.6 is 0 Å². The Morgan fingerprint density at radius 2 is 2.14 bits per heavy atom. The molecule has 0 saturated carbocycles. The van der Waals surface area contributed by atoms with E-state index in [0.29, 0.717) is 6.29 Å². The third-order valence-electron chi connectivity index (χ3n) is 1.18. The molecule has 0 aromatic rings. The van der Waals surface area contributed by atoms with Crippen LogP contribution in [0.2, 0.25) is 0 Å². The van der Waals surface area contributed by atoms with Crippen LogP contribution in [0.3, 0.4) is 0 Å². The highest BCUT2D eigenvalue weighted by molar-refractivity contribution is 5.73. The van der Waals surface area contributed by atoms with Gasteiger partial charge in [-0.3, -0.25) is 0 Å². The van der Waals surface area contributed by atoms with E-state index in [1.54, 1.807) is 26.3 Å². The Morgan fingerprint density at radius 1 is 1.57 bits per heavy atom. The van der Waals surface area contributed by atoms with Crippen molar-refractivity contribution in [2.45, 2.75) is 32.4 Å². The van der Waals surface area contributed by atoms with E-state index in [9.17, 15) is 9.59 Å². The van der Waals surface area contributed by atoms with Gasteiger partial charge < -0.3 is 20.1 Å². The molecule has 0 aliphatic rings. The van der Waals surface area contributed by atoms with Crippen molar-refractivity contribution in [2.24, 2.45) is 0 Å². The summed E-state index contributed by atoms with van der Waals surface area (Å²) in [7, 11) is 0. The first-order chi connectivity index (χ1) is 6.39. The number of carbonyl (C=O) groups is 2. The van der Waals surface area contributed by atoms with Crippen LogP contribution in [0.25, 0.3) is 0 Å².